The van der Waals surface area contributed by atoms with Crippen molar-refractivity contribution in [3.05, 3.63) is 40.0 Å². The molecule has 1 fully saturated rings. The van der Waals surface area contributed by atoms with Gasteiger partial charge in [0.15, 0.2) is 0 Å². The van der Waals surface area contributed by atoms with Gasteiger partial charge in [-0.15, -0.1) is 0 Å². The fourth-order valence-electron chi connectivity index (χ4n) is 2.06. The summed E-state index contributed by atoms with van der Waals surface area (Å²) in [6.07, 6.45) is 1.40. The molecule has 116 valence electrons. The van der Waals surface area contributed by atoms with E-state index in [1.807, 2.05) is 13.1 Å². The number of amides is 1. The summed E-state index contributed by atoms with van der Waals surface area (Å²) in [4.78, 5) is 16.1. The molecule has 1 N–H and O–H groups in total. The van der Waals surface area contributed by atoms with Crippen molar-refractivity contribution in [2.45, 2.75) is 0 Å². The van der Waals surface area contributed by atoms with Crippen LogP contribution in [0.4, 0.5) is 5.69 Å². The number of nitrogens with one attached hydrogen (secondary N) is 1. The van der Waals surface area contributed by atoms with Gasteiger partial charge >= 0.3 is 0 Å². The molecular formula is C15H16Cl2N4O. The summed E-state index contributed by atoms with van der Waals surface area (Å²) in [5, 5.41) is 13.0. The zero-order chi connectivity index (χ0) is 16.1. The second-order valence-corrected chi connectivity index (χ2v) is 5.85. The van der Waals surface area contributed by atoms with Gasteiger partial charge in [0.2, 0.25) is 0 Å². The predicted molar refractivity (Wildman–Crippen MR) is 87.9 cm³/mol. The maximum atomic E-state index is 12.3. The lowest BCUT2D eigenvalue weighted by molar-refractivity contribution is -0.128. The molecule has 1 aromatic carbocycles. The van der Waals surface area contributed by atoms with E-state index in [2.05, 4.69) is 10.2 Å². The van der Waals surface area contributed by atoms with E-state index in [9.17, 15) is 10.1 Å². The highest BCUT2D eigenvalue weighted by Crippen LogP contribution is 2.25. The van der Waals surface area contributed by atoms with E-state index in [0.717, 1.165) is 13.1 Å². The summed E-state index contributed by atoms with van der Waals surface area (Å²) in [6, 6.07) is 6.95. The van der Waals surface area contributed by atoms with Crippen molar-refractivity contribution in [1.82, 2.24) is 9.80 Å². The fourth-order valence-corrected chi connectivity index (χ4v) is 2.36. The third kappa shape index (κ3) is 4.14. The smallest absolute Gasteiger partial charge is 0.266 e. The van der Waals surface area contributed by atoms with Gasteiger partial charge in [0.25, 0.3) is 5.91 Å². The zero-order valence-electron chi connectivity index (χ0n) is 12.1. The Morgan fingerprint density at radius 1 is 1.27 bits per heavy atom. The van der Waals surface area contributed by atoms with E-state index in [-0.39, 0.29) is 11.5 Å². The summed E-state index contributed by atoms with van der Waals surface area (Å²) < 4.78 is 0. The number of nitrogens with zero attached hydrogens (tertiary/aromatic N) is 3. The molecule has 22 heavy (non-hydrogen) atoms. The Hall–Kier alpha value is -1.74. The third-order valence-electron chi connectivity index (χ3n) is 3.44. The largest absolute Gasteiger partial charge is 0.360 e. The van der Waals surface area contributed by atoms with Crippen LogP contribution in [-0.4, -0.2) is 48.9 Å². The average molecular weight is 339 g/mol. The van der Waals surface area contributed by atoms with Gasteiger partial charge in [-0.05, 0) is 25.2 Å². The van der Waals surface area contributed by atoms with Crippen LogP contribution in [0.15, 0.2) is 30.0 Å². The van der Waals surface area contributed by atoms with Crippen LogP contribution >= 0.6 is 23.2 Å². The summed E-state index contributed by atoms with van der Waals surface area (Å²) >= 11 is 11.8. The second-order valence-electron chi connectivity index (χ2n) is 5.04. The van der Waals surface area contributed by atoms with E-state index < -0.39 is 0 Å². The molecule has 1 amide bonds. The molecule has 1 heterocycles. The summed E-state index contributed by atoms with van der Waals surface area (Å²) in [7, 11) is 2.01. The van der Waals surface area contributed by atoms with E-state index in [4.69, 9.17) is 23.2 Å². The molecule has 0 aliphatic carbocycles. The predicted octanol–water partition coefficient (Wildman–Crippen LogP) is 2.59. The molecule has 1 saturated heterocycles. The first-order chi connectivity index (χ1) is 10.5. The number of hydrogen-bond acceptors (Lipinski definition) is 4. The first kappa shape index (κ1) is 16.6. The number of anilines is 1. The van der Waals surface area contributed by atoms with Crippen LogP contribution < -0.4 is 5.32 Å². The van der Waals surface area contributed by atoms with Gasteiger partial charge in [0, 0.05) is 38.1 Å². The minimum Gasteiger partial charge on any atom is -0.360 e. The summed E-state index contributed by atoms with van der Waals surface area (Å²) in [5.41, 5.74) is 0.726. The van der Waals surface area contributed by atoms with E-state index in [0.29, 0.717) is 28.8 Å². The lowest BCUT2D eigenvalue weighted by Gasteiger charge is -2.32. The first-order valence-corrected chi connectivity index (χ1v) is 7.56. The normalized spacial score (nSPS) is 16.3. The van der Waals surface area contributed by atoms with Gasteiger partial charge < -0.3 is 15.1 Å². The zero-order valence-corrected chi connectivity index (χ0v) is 13.7. The van der Waals surface area contributed by atoms with Crippen molar-refractivity contribution in [2.75, 3.05) is 38.5 Å². The fraction of sp³-hybridized carbons (Fsp3) is 0.333. The molecule has 2 rings (SSSR count). The van der Waals surface area contributed by atoms with Crippen LogP contribution in [0.25, 0.3) is 0 Å². The van der Waals surface area contributed by atoms with Crippen molar-refractivity contribution in [3.63, 3.8) is 0 Å². The Balaban J connectivity index is 2.05. The molecule has 7 heteroatoms. The van der Waals surface area contributed by atoms with Crippen LogP contribution in [0, 0.1) is 11.3 Å². The molecule has 0 unspecified atom stereocenters. The van der Waals surface area contributed by atoms with Crippen molar-refractivity contribution in [2.24, 2.45) is 0 Å². The molecule has 0 bridgehead atoms. The van der Waals surface area contributed by atoms with Crippen LogP contribution in [0.5, 0.6) is 0 Å². The van der Waals surface area contributed by atoms with Crippen molar-refractivity contribution in [3.8, 4) is 6.07 Å². The highest BCUT2D eigenvalue weighted by molar-refractivity contribution is 6.42. The maximum absolute atomic E-state index is 12.3. The van der Waals surface area contributed by atoms with Gasteiger partial charge in [0.1, 0.15) is 11.6 Å². The lowest BCUT2D eigenvalue weighted by atomic mass is 10.2. The van der Waals surface area contributed by atoms with Crippen molar-refractivity contribution < 1.29 is 4.79 Å². The van der Waals surface area contributed by atoms with Gasteiger partial charge in [-0.1, -0.05) is 23.2 Å². The number of nitriles is 1. The first-order valence-electron chi connectivity index (χ1n) is 6.81. The molecule has 0 spiro atoms. The van der Waals surface area contributed by atoms with Crippen LogP contribution in [0.2, 0.25) is 10.0 Å². The molecule has 1 aliphatic rings. The Kier molecular flexibility index (Phi) is 5.67. The third-order valence-corrected chi connectivity index (χ3v) is 4.18. The Morgan fingerprint density at radius 3 is 2.55 bits per heavy atom. The molecule has 5 nitrogen and oxygen atoms in total. The van der Waals surface area contributed by atoms with Gasteiger partial charge in [-0.2, -0.15) is 5.26 Å². The van der Waals surface area contributed by atoms with Gasteiger partial charge in [-0.3, -0.25) is 4.79 Å². The summed E-state index contributed by atoms with van der Waals surface area (Å²) in [5.74, 6) is -0.261. The molecule has 1 aromatic rings. The number of benzene rings is 1. The molecule has 0 aromatic heterocycles. The number of halogens is 2. The minimum absolute atomic E-state index is 0.0654. The van der Waals surface area contributed by atoms with Crippen LogP contribution in [-0.2, 0) is 4.79 Å². The molecule has 0 saturated carbocycles. The number of carbonyl (C=O) groups is 1. The molecular weight excluding hydrogens is 323 g/mol. The van der Waals surface area contributed by atoms with Crippen molar-refractivity contribution >= 4 is 34.8 Å². The van der Waals surface area contributed by atoms with Crippen molar-refractivity contribution in [1.29, 1.82) is 5.26 Å². The lowest BCUT2D eigenvalue weighted by Crippen LogP contribution is -2.47. The minimum atomic E-state index is -0.261. The summed E-state index contributed by atoms with van der Waals surface area (Å²) in [6.45, 7) is 2.87. The average Bonchev–Trinajstić information content (AvgIpc) is 2.52. The number of piperazine rings is 1. The van der Waals surface area contributed by atoms with E-state index in [1.54, 1.807) is 23.1 Å². The Morgan fingerprint density at radius 2 is 1.95 bits per heavy atom. The second kappa shape index (κ2) is 7.50. The number of hydrogen-bond donors (Lipinski definition) is 1. The topological polar surface area (TPSA) is 59.4 Å². The maximum Gasteiger partial charge on any atom is 0.266 e. The highest BCUT2D eigenvalue weighted by Gasteiger charge is 2.22. The van der Waals surface area contributed by atoms with E-state index >= 15 is 0 Å². The molecule has 0 atom stereocenters. The SMILES string of the molecule is CN1CCN(C(=O)/C(C#N)=C\Nc2ccc(Cl)c(Cl)c2)CC1. The van der Waals surface area contributed by atoms with Gasteiger partial charge in [0.05, 0.1) is 10.0 Å². The van der Waals surface area contributed by atoms with E-state index in [1.165, 1.54) is 6.20 Å². The number of rotatable bonds is 3. The standard InChI is InChI=1S/C15H16Cl2N4O/c1-20-4-6-21(7-5-20)15(22)11(9-18)10-19-12-2-3-13(16)14(17)8-12/h2-3,8,10,19H,4-7H2,1H3/b11-10-. The van der Waals surface area contributed by atoms with Crippen LogP contribution in [0.1, 0.15) is 0 Å². The monoisotopic (exact) mass is 338 g/mol. The van der Waals surface area contributed by atoms with Crippen LogP contribution in [0.3, 0.4) is 0 Å². The molecule has 0 radical (unpaired) electrons. The van der Waals surface area contributed by atoms with Gasteiger partial charge in [-0.25, -0.2) is 0 Å². The number of carbonyl (C=O) groups excluding carboxylic acids is 1. The Labute approximate surface area is 139 Å². The molecule has 1 aliphatic heterocycles. The number of likely N-dealkylation sites (N-methyl/N-ethyl adjacent to an activating group) is 1. The Bertz CT molecular complexity index is 631. The quantitative estimate of drug-likeness (QED) is 0.679. The highest BCUT2D eigenvalue weighted by atomic mass is 35.5.